The van der Waals surface area contributed by atoms with Crippen LogP contribution < -0.4 is 5.32 Å². The van der Waals surface area contributed by atoms with Gasteiger partial charge in [-0.25, -0.2) is 0 Å². The van der Waals surface area contributed by atoms with Crippen molar-refractivity contribution in [1.29, 1.82) is 0 Å². The second-order valence-corrected chi connectivity index (χ2v) is 5.82. The van der Waals surface area contributed by atoms with Gasteiger partial charge in [0.1, 0.15) is 0 Å². The molecule has 1 heterocycles. The number of aliphatic hydroxyl groups is 2. The molecule has 3 nitrogen and oxygen atoms in total. The molecule has 1 aliphatic heterocycles. The lowest BCUT2D eigenvalue weighted by atomic mass is 9.77. The molecule has 3 N–H and O–H groups in total. The first-order valence-corrected chi connectivity index (χ1v) is 7.60. The highest BCUT2D eigenvalue weighted by molar-refractivity contribution is 5.67. The van der Waals surface area contributed by atoms with Crippen molar-refractivity contribution in [2.45, 2.75) is 11.3 Å². The van der Waals surface area contributed by atoms with Gasteiger partial charge in [-0.05, 0) is 11.6 Å². The Morgan fingerprint density at radius 3 is 1.78 bits per heavy atom. The van der Waals surface area contributed by atoms with E-state index in [1.807, 2.05) is 84.9 Å². The van der Waals surface area contributed by atoms with Crippen LogP contribution in [0.3, 0.4) is 0 Å². The zero-order valence-corrected chi connectivity index (χ0v) is 12.5. The van der Waals surface area contributed by atoms with Crippen molar-refractivity contribution in [1.82, 2.24) is 0 Å². The number of hydrogen-bond donors (Lipinski definition) is 3. The van der Waals surface area contributed by atoms with Crippen molar-refractivity contribution in [2.75, 3.05) is 5.32 Å². The summed E-state index contributed by atoms with van der Waals surface area (Å²) in [5, 5.41) is 26.3. The molecule has 0 fully saturated rings. The predicted molar refractivity (Wildman–Crippen MR) is 89.8 cm³/mol. The fraction of sp³-hybridized carbons (Fsp3) is 0.100. The van der Waals surface area contributed by atoms with Crippen molar-refractivity contribution < 1.29 is 10.2 Å². The quantitative estimate of drug-likeness (QED) is 0.681. The van der Waals surface area contributed by atoms with E-state index in [0.29, 0.717) is 16.7 Å². The number of benzene rings is 3. The average molecular weight is 303 g/mol. The molecule has 3 aromatic carbocycles. The average Bonchev–Trinajstić information content (AvgIpc) is 2.86. The van der Waals surface area contributed by atoms with E-state index in [2.05, 4.69) is 5.32 Å². The number of anilines is 1. The van der Waals surface area contributed by atoms with E-state index >= 15 is 0 Å². The van der Waals surface area contributed by atoms with Gasteiger partial charge in [-0.1, -0.05) is 78.9 Å². The molecule has 0 amide bonds. The van der Waals surface area contributed by atoms with E-state index < -0.39 is 11.3 Å². The van der Waals surface area contributed by atoms with Crippen LogP contribution in [0.25, 0.3) is 0 Å². The van der Waals surface area contributed by atoms with E-state index in [1.165, 1.54) is 0 Å². The Morgan fingerprint density at radius 1 is 0.609 bits per heavy atom. The molecule has 0 saturated carbocycles. The number of hydrogen-bond acceptors (Lipinski definition) is 3. The van der Waals surface area contributed by atoms with Crippen molar-refractivity contribution in [3.63, 3.8) is 0 Å². The Bertz CT molecular complexity index is 835. The zero-order valence-electron chi connectivity index (χ0n) is 12.5. The van der Waals surface area contributed by atoms with Gasteiger partial charge in [-0.3, -0.25) is 0 Å². The van der Waals surface area contributed by atoms with E-state index in [-0.39, 0.29) is 0 Å². The van der Waals surface area contributed by atoms with E-state index in [9.17, 15) is 10.2 Å². The van der Waals surface area contributed by atoms with Crippen LogP contribution in [0.15, 0.2) is 84.9 Å². The minimum absolute atomic E-state index is 0.613. The summed E-state index contributed by atoms with van der Waals surface area (Å²) in [6.45, 7) is 0. The Hall–Kier alpha value is -2.62. The van der Waals surface area contributed by atoms with Gasteiger partial charge in [-0.15, -0.1) is 0 Å². The van der Waals surface area contributed by atoms with Crippen LogP contribution in [0.4, 0.5) is 5.69 Å². The SMILES string of the molecule is OC1(c2ccccc2)Nc2ccccc2C1(O)c1ccccc1. The Balaban J connectivity index is 2.01. The van der Waals surface area contributed by atoms with Crippen molar-refractivity contribution >= 4 is 5.69 Å². The second kappa shape index (κ2) is 4.95. The number of rotatable bonds is 2. The fourth-order valence-corrected chi connectivity index (χ4v) is 3.39. The molecule has 2 atom stereocenters. The first-order valence-electron chi connectivity index (χ1n) is 7.60. The van der Waals surface area contributed by atoms with Gasteiger partial charge in [0.05, 0.1) is 0 Å². The lowest BCUT2D eigenvalue weighted by Crippen LogP contribution is -2.50. The van der Waals surface area contributed by atoms with Crippen molar-refractivity contribution in [3.8, 4) is 0 Å². The lowest BCUT2D eigenvalue weighted by molar-refractivity contribution is -0.111. The molecule has 23 heavy (non-hydrogen) atoms. The Labute approximate surface area is 134 Å². The molecule has 0 spiro atoms. The van der Waals surface area contributed by atoms with Gasteiger partial charge in [0.15, 0.2) is 5.60 Å². The summed E-state index contributed by atoms with van der Waals surface area (Å²) in [6, 6.07) is 25.9. The van der Waals surface area contributed by atoms with Gasteiger partial charge >= 0.3 is 0 Å². The summed E-state index contributed by atoms with van der Waals surface area (Å²) in [7, 11) is 0. The molecule has 3 aromatic rings. The first-order chi connectivity index (χ1) is 11.2. The summed E-state index contributed by atoms with van der Waals surface area (Å²) in [4.78, 5) is 0. The number of nitrogens with one attached hydrogen (secondary N) is 1. The highest BCUT2D eigenvalue weighted by atomic mass is 16.4. The Morgan fingerprint density at radius 2 is 1.13 bits per heavy atom. The summed E-state index contributed by atoms with van der Waals surface area (Å²) in [6.07, 6.45) is 0. The summed E-state index contributed by atoms with van der Waals surface area (Å²) in [5.41, 5.74) is -0.569. The van der Waals surface area contributed by atoms with Crippen LogP contribution in [-0.4, -0.2) is 10.2 Å². The predicted octanol–water partition coefficient (Wildman–Crippen LogP) is 3.19. The van der Waals surface area contributed by atoms with E-state index in [4.69, 9.17) is 0 Å². The molecule has 0 bridgehead atoms. The van der Waals surface area contributed by atoms with Crippen LogP contribution in [0.5, 0.6) is 0 Å². The standard InChI is InChI=1S/C20H17NO2/c22-19(15-9-3-1-4-10-15)17-13-7-8-14-18(17)21-20(19,23)16-11-5-2-6-12-16/h1-14,21-23H. The molecule has 3 heteroatoms. The van der Waals surface area contributed by atoms with Gasteiger partial charge in [0.25, 0.3) is 0 Å². The zero-order chi connectivity index (χ0) is 15.9. The van der Waals surface area contributed by atoms with Gasteiger partial charge in [0.2, 0.25) is 5.72 Å². The molecule has 0 aliphatic carbocycles. The van der Waals surface area contributed by atoms with Crippen LogP contribution in [0.2, 0.25) is 0 Å². The Kier molecular flexibility index (Phi) is 3.01. The van der Waals surface area contributed by atoms with E-state index in [0.717, 1.165) is 5.69 Å². The van der Waals surface area contributed by atoms with E-state index in [1.54, 1.807) is 0 Å². The molecular weight excluding hydrogens is 286 g/mol. The van der Waals surface area contributed by atoms with Gasteiger partial charge < -0.3 is 15.5 Å². The molecular formula is C20H17NO2. The maximum absolute atomic E-state index is 11.7. The molecule has 1 aliphatic rings. The maximum Gasteiger partial charge on any atom is 0.200 e. The topological polar surface area (TPSA) is 52.5 Å². The number of para-hydroxylation sites is 1. The third kappa shape index (κ3) is 1.84. The molecule has 2 unspecified atom stereocenters. The van der Waals surface area contributed by atoms with Crippen LogP contribution >= 0.6 is 0 Å². The van der Waals surface area contributed by atoms with Crippen molar-refractivity contribution in [2.24, 2.45) is 0 Å². The summed E-state index contributed by atoms with van der Waals surface area (Å²) < 4.78 is 0. The molecule has 4 rings (SSSR count). The molecule has 0 radical (unpaired) electrons. The monoisotopic (exact) mass is 303 g/mol. The maximum atomic E-state index is 11.7. The van der Waals surface area contributed by atoms with Crippen LogP contribution in [0.1, 0.15) is 16.7 Å². The highest BCUT2D eigenvalue weighted by Gasteiger charge is 2.58. The molecule has 0 aromatic heterocycles. The van der Waals surface area contributed by atoms with Gasteiger partial charge in [-0.2, -0.15) is 0 Å². The first kappa shape index (κ1) is 14.0. The number of fused-ring (bicyclic) bond motifs is 1. The van der Waals surface area contributed by atoms with Crippen LogP contribution in [0, 0.1) is 0 Å². The lowest BCUT2D eigenvalue weighted by Gasteiger charge is -2.39. The largest absolute Gasteiger partial charge is 0.375 e. The minimum Gasteiger partial charge on any atom is -0.375 e. The van der Waals surface area contributed by atoms with Crippen molar-refractivity contribution in [3.05, 3.63) is 102 Å². The smallest absolute Gasteiger partial charge is 0.200 e. The van der Waals surface area contributed by atoms with Gasteiger partial charge in [0, 0.05) is 16.8 Å². The second-order valence-electron chi connectivity index (χ2n) is 5.82. The fourth-order valence-electron chi connectivity index (χ4n) is 3.39. The molecule has 0 saturated heterocycles. The molecule has 114 valence electrons. The normalized spacial score (nSPS) is 25.7. The third-order valence-corrected chi connectivity index (χ3v) is 4.54. The summed E-state index contributed by atoms with van der Waals surface area (Å²) >= 11 is 0. The van der Waals surface area contributed by atoms with Crippen LogP contribution in [-0.2, 0) is 11.3 Å². The third-order valence-electron chi connectivity index (χ3n) is 4.54. The minimum atomic E-state index is -1.64. The highest BCUT2D eigenvalue weighted by Crippen LogP contribution is 2.53. The summed E-state index contributed by atoms with van der Waals surface area (Å²) in [5.74, 6) is 0.